The van der Waals surface area contributed by atoms with Gasteiger partial charge in [0.1, 0.15) is 0 Å². The van der Waals surface area contributed by atoms with Crippen LogP contribution in [0.25, 0.3) is 38.8 Å². The number of fused-ring (bicyclic) bond motifs is 2. The van der Waals surface area contributed by atoms with Crippen molar-refractivity contribution in [2.45, 2.75) is 13.0 Å². The van der Waals surface area contributed by atoms with Crippen LogP contribution in [0.15, 0.2) is 96.4 Å². The molecule has 0 aliphatic carbocycles. The standard InChI is InChI=1S/C29H28N6O/c1-32(21-9-7-14-30-17-21)15-8-16-34-19-24(22-10-3-6-13-26(22)34)27-18-31-29(36)35(27)28-20-33(2)25-12-5-4-11-23(25)28/h3-7,9-14,17-20H,8,15-16H2,1-2H3,(H,31,36). The number of hydrogen-bond donors (Lipinski definition) is 1. The molecule has 0 unspecified atom stereocenters. The highest BCUT2D eigenvalue weighted by atomic mass is 16.1. The van der Waals surface area contributed by atoms with Crippen LogP contribution >= 0.6 is 0 Å². The molecule has 0 saturated carbocycles. The van der Waals surface area contributed by atoms with E-state index < -0.39 is 0 Å². The molecule has 0 saturated heterocycles. The summed E-state index contributed by atoms with van der Waals surface area (Å²) >= 11 is 0. The number of aromatic nitrogens is 5. The number of anilines is 1. The van der Waals surface area contributed by atoms with E-state index in [9.17, 15) is 4.79 Å². The van der Waals surface area contributed by atoms with Gasteiger partial charge in [0.15, 0.2) is 0 Å². The highest BCUT2D eigenvalue weighted by Gasteiger charge is 2.19. The molecule has 0 amide bonds. The van der Waals surface area contributed by atoms with Crippen molar-refractivity contribution >= 4 is 27.5 Å². The van der Waals surface area contributed by atoms with Crippen LogP contribution in [0.1, 0.15) is 6.42 Å². The lowest BCUT2D eigenvalue weighted by Crippen LogP contribution is -2.19. The van der Waals surface area contributed by atoms with Gasteiger partial charge in [-0.1, -0.05) is 36.4 Å². The number of pyridine rings is 1. The number of benzene rings is 2. The second-order valence-electron chi connectivity index (χ2n) is 9.20. The number of H-pyrrole nitrogens is 1. The van der Waals surface area contributed by atoms with Crippen molar-refractivity contribution < 1.29 is 0 Å². The van der Waals surface area contributed by atoms with Gasteiger partial charge in [0.25, 0.3) is 0 Å². The van der Waals surface area contributed by atoms with E-state index in [1.165, 1.54) is 0 Å². The SMILES string of the molecule is CN(CCCn1cc(-c2c[nH]c(=O)n2-c2cn(C)c3ccccc23)c2ccccc21)c1cccnc1. The van der Waals surface area contributed by atoms with Gasteiger partial charge < -0.3 is 19.0 Å². The molecule has 0 aliphatic heterocycles. The molecule has 0 atom stereocenters. The van der Waals surface area contributed by atoms with Crippen LogP contribution < -0.4 is 10.6 Å². The molecule has 2 aromatic carbocycles. The lowest BCUT2D eigenvalue weighted by molar-refractivity contribution is 0.656. The third-order valence-electron chi connectivity index (χ3n) is 6.94. The van der Waals surface area contributed by atoms with E-state index in [-0.39, 0.29) is 5.69 Å². The smallest absolute Gasteiger partial charge is 0.330 e. The molecular formula is C29H28N6O. The molecule has 1 N–H and O–H groups in total. The summed E-state index contributed by atoms with van der Waals surface area (Å²) in [5, 5.41) is 2.18. The van der Waals surface area contributed by atoms with Crippen LogP contribution in [-0.4, -0.2) is 37.3 Å². The van der Waals surface area contributed by atoms with Gasteiger partial charge in [-0.2, -0.15) is 0 Å². The minimum atomic E-state index is -0.142. The second kappa shape index (κ2) is 8.92. The van der Waals surface area contributed by atoms with Crippen LogP contribution in [0.5, 0.6) is 0 Å². The van der Waals surface area contributed by atoms with Crippen LogP contribution in [0.2, 0.25) is 0 Å². The average Bonchev–Trinajstić information content (AvgIpc) is 3.58. The summed E-state index contributed by atoms with van der Waals surface area (Å²) in [5.41, 5.74) is 6.00. The molecule has 4 heterocycles. The highest BCUT2D eigenvalue weighted by molar-refractivity contribution is 5.96. The Balaban J connectivity index is 1.38. The Labute approximate surface area is 208 Å². The maximum Gasteiger partial charge on any atom is 0.330 e. The van der Waals surface area contributed by atoms with E-state index in [1.54, 1.807) is 10.8 Å². The van der Waals surface area contributed by atoms with E-state index in [0.717, 1.165) is 63.9 Å². The molecule has 0 fully saturated rings. The molecule has 180 valence electrons. The summed E-state index contributed by atoms with van der Waals surface area (Å²) < 4.78 is 6.16. The van der Waals surface area contributed by atoms with E-state index in [4.69, 9.17) is 0 Å². The first-order valence-electron chi connectivity index (χ1n) is 12.2. The molecule has 0 aliphatic rings. The fourth-order valence-corrected chi connectivity index (χ4v) is 5.13. The summed E-state index contributed by atoms with van der Waals surface area (Å²) in [6, 6.07) is 20.6. The van der Waals surface area contributed by atoms with Crippen LogP contribution in [-0.2, 0) is 13.6 Å². The highest BCUT2D eigenvalue weighted by Crippen LogP contribution is 2.33. The molecule has 0 spiro atoms. The van der Waals surface area contributed by atoms with E-state index in [2.05, 4.69) is 79.7 Å². The third kappa shape index (κ3) is 3.69. The van der Waals surface area contributed by atoms with Crippen LogP contribution in [0.4, 0.5) is 5.69 Å². The first-order chi connectivity index (χ1) is 17.6. The first kappa shape index (κ1) is 22.0. The minimum Gasteiger partial charge on any atom is -0.373 e. The van der Waals surface area contributed by atoms with Crippen molar-refractivity contribution in [2.24, 2.45) is 7.05 Å². The third-order valence-corrected chi connectivity index (χ3v) is 6.94. The number of rotatable bonds is 7. The number of hydrogen-bond acceptors (Lipinski definition) is 3. The Kier molecular flexibility index (Phi) is 5.45. The Morgan fingerprint density at radius 2 is 1.72 bits per heavy atom. The lowest BCUT2D eigenvalue weighted by Gasteiger charge is -2.18. The number of nitrogens with one attached hydrogen (secondary N) is 1. The number of imidazole rings is 1. The van der Waals surface area contributed by atoms with Gasteiger partial charge in [-0.15, -0.1) is 0 Å². The van der Waals surface area contributed by atoms with Crippen LogP contribution in [0.3, 0.4) is 0 Å². The molecule has 7 heteroatoms. The molecular weight excluding hydrogens is 448 g/mol. The summed E-state index contributed by atoms with van der Waals surface area (Å²) in [6.45, 7) is 1.78. The Hall–Kier alpha value is -4.52. The van der Waals surface area contributed by atoms with Gasteiger partial charge in [-0.05, 0) is 30.7 Å². The van der Waals surface area contributed by atoms with Crippen molar-refractivity contribution in [3.63, 3.8) is 0 Å². The molecule has 6 rings (SSSR count). The maximum atomic E-state index is 13.1. The molecule has 4 aromatic heterocycles. The van der Waals surface area contributed by atoms with Crippen LogP contribution in [0, 0.1) is 0 Å². The predicted octanol–water partition coefficient (Wildman–Crippen LogP) is 5.20. The van der Waals surface area contributed by atoms with Gasteiger partial charge in [-0.25, -0.2) is 4.79 Å². The zero-order valence-corrected chi connectivity index (χ0v) is 20.4. The zero-order valence-electron chi connectivity index (χ0n) is 20.4. The monoisotopic (exact) mass is 476 g/mol. The van der Waals surface area contributed by atoms with Crippen molar-refractivity contribution in [3.05, 3.63) is 102 Å². The van der Waals surface area contributed by atoms with Crippen molar-refractivity contribution in [3.8, 4) is 16.9 Å². The summed E-state index contributed by atoms with van der Waals surface area (Å²) in [6.07, 6.45) is 10.7. The second-order valence-corrected chi connectivity index (χ2v) is 9.20. The van der Waals surface area contributed by atoms with Gasteiger partial charge in [-0.3, -0.25) is 9.55 Å². The molecule has 36 heavy (non-hydrogen) atoms. The van der Waals surface area contributed by atoms with E-state index in [0.29, 0.717) is 0 Å². The Morgan fingerprint density at radius 3 is 2.53 bits per heavy atom. The molecule has 0 bridgehead atoms. The Morgan fingerprint density at radius 1 is 0.944 bits per heavy atom. The Bertz CT molecular complexity index is 1720. The van der Waals surface area contributed by atoms with E-state index >= 15 is 0 Å². The van der Waals surface area contributed by atoms with Gasteiger partial charge >= 0.3 is 5.69 Å². The minimum absolute atomic E-state index is 0.142. The fourth-order valence-electron chi connectivity index (χ4n) is 5.13. The lowest BCUT2D eigenvalue weighted by atomic mass is 10.1. The summed E-state index contributed by atoms with van der Waals surface area (Å²) in [4.78, 5) is 22.5. The van der Waals surface area contributed by atoms with Gasteiger partial charge in [0, 0.05) is 79.3 Å². The van der Waals surface area contributed by atoms with Crippen molar-refractivity contribution in [1.82, 2.24) is 23.7 Å². The van der Waals surface area contributed by atoms with Crippen molar-refractivity contribution in [1.29, 1.82) is 0 Å². The molecule has 7 nitrogen and oxygen atoms in total. The fraction of sp³-hybridized carbons (Fsp3) is 0.172. The van der Waals surface area contributed by atoms with Gasteiger partial charge in [0.05, 0.1) is 23.3 Å². The maximum absolute atomic E-state index is 13.1. The molecule has 6 aromatic rings. The van der Waals surface area contributed by atoms with Crippen molar-refractivity contribution in [2.75, 3.05) is 18.5 Å². The zero-order chi connectivity index (χ0) is 24.6. The number of nitrogens with zero attached hydrogens (tertiary/aromatic N) is 5. The normalized spacial score (nSPS) is 11.5. The summed E-state index contributed by atoms with van der Waals surface area (Å²) in [5.74, 6) is 0. The predicted molar refractivity (Wildman–Crippen MR) is 146 cm³/mol. The average molecular weight is 477 g/mol. The summed E-state index contributed by atoms with van der Waals surface area (Å²) in [7, 11) is 4.11. The topological polar surface area (TPSA) is 63.8 Å². The molecule has 0 radical (unpaired) electrons. The van der Waals surface area contributed by atoms with E-state index in [1.807, 2.05) is 43.8 Å². The number of aryl methyl sites for hydroxylation is 2. The number of para-hydroxylation sites is 2. The number of aromatic amines is 1. The largest absolute Gasteiger partial charge is 0.373 e. The quantitative estimate of drug-likeness (QED) is 0.344. The first-order valence-corrected chi connectivity index (χ1v) is 12.2. The van der Waals surface area contributed by atoms with Gasteiger partial charge in [0.2, 0.25) is 0 Å².